The van der Waals surface area contributed by atoms with Crippen molar-refractivity contribution in [2.75, 3.05) is 13.7 Å². The zero-order chi connectivity index (χ0) is 20.7. The summed E-state index contributed by atoms with van der Waals surface area (Å²) in [4.78, 5) is 27.0. The molecule has 0 fully saturated rings. The number of carbonyl (C=O) groups excluding carboxylic acids is 2. The Bertz CT molecular complexity index is 815. The molecule has 0 bridgehead atoms. The Morgan fingerprint density at radius 2 is 1.68 bits per heavy atom. The second kappa shape index (κ2) is 9.93. The van der Waals surface area contributed by atoms with Crippen LogP contribution in [0.25, 0.3) is 0 Å². The number of hydrogen-bond acceptors (Lipinski definition) is 3. The van der Waals surface area contributed by atoms with E-state index in [0.29, 0.717) is 18.7 Å². The Morgan fingerprint density at radius 3 is 2.29 bits per heavy atom. The van der Waals surface area contributed by atoms with Crippen molar-refractivity contribution in [3.05, 3.63) is 64.7 Å². The predicted octanol–water partition coefficient (Wildman–Crippen LogP) is 3.54. The Labute approximate surface area is 167 Å². The molecule has 2 rings (SSSR count). The molecule has 2 aromatic carbocycles. The van der Waals surface area contributed by atoms with Crippen molar-refractivity contribution in [3.63, 3.8) is 0 Å². The van der Waals surface area contributed by atoms with E-state index in [1.165, 1.54) is 0 Å². The molecule has 0 aliphatic carbocycles. The van der Waals surface area contributed by atoms with Gasteiger partial charge in [-0.3, -0.25) is 9.59 Å². The Morgan fingerprint density at radius 1 is 1.04 bits per heavy atom. The SMILES string of the molecule is CC[C@@H](C(=O)NC)N(Cc1ccc(C)cc1)C(=O)COc1cc(C)ccc1C. The van der Waals surface area contributed by atoms with Crippen molar-refractivity contribution in [3.8, 4) is 5.75 Å². The predicted molar refractivity (Wildman–Crippen MR) is 111 cm³/mol. The van der Waals surface area contributed by atoms with Crippen LogP contribution in [0.5, 0.6) is 5.75 Å². The van der Waals surface area contributed by atoms with Crippen LogP contribution in [-0.2, 0) is 16.1 Å². The van der Waals surface area contributed by atoms with E-state index >= 15 is 0 Å². The molecule has 0 saturated heterocycles. The van der Waals surface area contributed by atoms with E-state index in [4.69, 9.17) is 4.74 Å². The van der Waals surface area contributed by atoms with Gasteiger partial charge < -0.3 is 15.0 Å². The van der Waals surface area contributed by atoms with Crippen LogP contribution in [0.15, 0.2) is 42.5 Å². The maximum absolute atomic E-state index is 13.0. The number of rotatable bonds is 8. The van der Waals surface area contributed by atoms with Gasteiger partial charge in [-0.1, -0.05) is 48.9 Å². The normalized spacial score (nSPS) is 11.6. The third-order valence-corrected chi connectivity index (χ3v) is 4.80. The standard InChI is InChI=1S/C23H30N2O3/c1-6-20(23(27)24-5)25(14-19-11-8-16(2)9-12-19)22(26)15-28-21-13-17(3)7-10-18(21)4/h7-13,20H,6,14-15H2,1-5H3,(H,24,27)/t20-/m0/s1. The lowest BCUT2D eigenvalue weighted by molar-refractivity contribution is -0.142. The van der Waals surface area contributed by atoms with Gasteiger partial charge in [-0.2, -0.15) is 0 Å². The molecule has 5 heteroatoms. The third kappa shape index (κ3) is 5.59. The van der Waals surface area contributed by atoms with E-state index < -0.39 is 6.04 Å². The van der Waals surface area contributed by atoms with Crippen LogP contribution >= 0.6 is 0 Å². The van der Waals surface area contributed by atoms with Gasteiger partial charge in [0.05, 0.1) is 0 Å². The summed E-state index contributed by atoms with van der Waals surface area (Å²) < 4.78 is 5.80. The molecule has 0 aliphatic heterocycles. The number of amides is 2. The highest BCUT2D eigenvalue weighted by Crippen LogP contribution is 2.20. The molecular weight excluding hydrogens is 352 g/mol. The smallest absolute Gasteiger partial charge is 0.261 e. The summed E-state index contributed by atoms with van der Waals surface area (Å²) in [5.74, 6) is 0.309. The van der Waals surface area contributed by atoms with Crippen molar-refractivity contribution < 1.29 is 14.3 Å². The minimum Gasteiger partial charge on any atom is -0.483 e. The van der Waals surface area contributed by atoms with Gasteiger partial charge in [0, 0.05) is 13.6 Å². The van der Waals surface area contributed by atoms with E-state index in [0.717, 1.165) is 22.3 Å². The summed E-state index contributed by atoms with van der Waals surface area (Å²) in [6, 6.07) is 13.3. The van der Waals surface area contributed by atoms with Gasteiger partial charge in [0.1, 0.15) is 11.8 Å². The van der Waals surface area contributed by atoms with Crippen molar-refractivity contribution in [2.45, 2.75) is 46.7 Å². The minimum atomic E-state index is -0.541. The molecule has 1 N–H and O–H groups in total. The zero-order valence-corrected chi connectivity index (χ0v) is 17.4. The molecule has 0 saturated carbocycles. The quantitative estimate of drug-likeness (QED) is 0.760. The fourth-order valence-corrected chi connectivity index (χ4v) is 3.06. The largest absolute Gasteiger partial charge is 0.483 e. The van der Waals surface area contributed by atoms with E-state index in [9.17, 15) is 9.59 Å². The first-order valence-electron chi connectivity index (χ1n) is 9.62. The van der Waals surface area contributed by atoms with Crippen LogP contribution in [0.4, 0.5) is 0 Å². The highest BCUT2D eigenvalue weighted by Gasteiger charge is 2.28. The topological polar surface area (TPSA) is 58.6 Å². The second-order valence-corrected chi connectivity index (χ2v) is 7.10. The molecule has 0 heterocycles. The fraction of sp³-hybridized carbons (Fsp3) is 0.391. The highest BCUT2D eigenvalue weighted by molar-refractivity contribution is 5.88. The monoisotopic (exact) mass is 382 g/mol. The van der Waals surface area contributed by atoms with Gasteiger partial charge in [0.15, 0.2) is 6.61 Å². The number of carbonyl (C=O) groups is 2. The number of likely N-dealkylation sites (N-methyl/N-ethyl adjacent to an activating group) is 1. The first-order chi connectivity index (χ1) is 13.3. The van der Waals surface area contributed by atoms with Crippen molar-refractivity contribution in [2.24, 2.45) is 0 Å². The van der Waals surface area contributed by atoms with Gasteiger partial charge in [-0.05, 0) is 49.9 Å². The summed E-state index contributed by atoms with van der Waals surface area (Å²) in [5.41, 5.74) is 4.18. The Hall–Kier alpha value is -2.82. The molecule has 1 atom stereocenters. The van der Waals surface area contributed by atoms with Crippen LogP contribution in [-0.4, -0.2) is 36.4 Å². The van der Waals surface area contributed by atoms with Gasteiger partial charge in [-0.25, -0.2) is 0 Å². The van der Waals surface area contributed by atoms with Crippen LogP contribution in [0.2, 0.25) is 0 Å². The Kier molecular flexibility index (Phi) is 7.61. The second-order valence-electron chi connectivity index (χ2n) is 7.10. The number of aryl methyl sites for hydroxylation is 3. The van der Waals surface area contributed by atoms with Crippen LogP contribution in [0, 0.1) is 20.8 Å². The fourth-order valence-electron chi connectivity index (χ4n) is 3.06. The first kappa shape index (κ1) is 21.5. The molecular formula is C23H30N2O3. The third-order valence-electron chi connectivity index (χ3n) is 4.80. The van der Waals surface area contributed by atoms with E-state index in [2.05, 4.69) is 5.32 Å². The summed E-state index contributed by atoms with van der Waals surface area (Å²) in [7, 11) is 1.59. The van der Waals surface area contributed by atoms with Gasteiger partial charge >= 0.3 is 0 Å². The lowest BCUT2D eigenvalue weighted by atomic mass is 10.1. The van der Waals surface area contributed by atoms with Crippen molar-refractivity contribution in [1.82, 2.24) is 10.2 Å². The Balaban J connectivity index is 2.20. The molecule has 0 unspecified atom stereocenters. The summed E-state index contributed by atoms with van der Waals surface area (Å²) in [6.07, 6.45) is 0.529. The molecule has 150 valence electrons. The van der Waals surface area contributed by atoms with E-state index in [-0.39, 0.29) is 18.4 Å². The molecule has 28 heavy (non-hydrogen) atoms. The average molecular weight is 383 g/mol. The lowest BCUT2D eigenvalue weighted by Crippen LogP contribution is -2.49. The summed E-state index contributed by atoms with van der Waals surface area (Å²) in [6.45, 7) is 8.11. The minimum absolute atomic E-state index is 0.107. The maximum Gasteiger partial charge on any atom is 0.261 e. The van der Waals surface area contributed by atoms with Gasteiger partial charge in [0.25, 0.3) is 5.91 Å². The molecule has 5 nitrogen and oxygen atoms in total. The van der Waals surface area contributed by atoms with Crippen LogP contribution in [0.3, 0.4) is 0 Å². The first-order valence-corrected chi connectivity index (χ1v) is 9.62. The van der Waals surface area contributed by atoms with Gasteiger partial charge in [0.2, 0.25) is 5.91 Å². The summed E-state index contributed by atoms with van der Waals surface area (Å²) >= 11 is 0. The molecule has 0 spiro atoms. The van der Waals surface area contributed by atoms with E-state index in [1.807, 2.05) is 70.2 Å². The lowest BCUT2D eigenvalue weighted by Gasteiger charge is -2.30. The number of hydrogen-bond donors (Lipinski definition) is 1. The number of nitrogens with one attached hydrogen (secondary N) is 1. The molecule has 0 radical (unpaired) electrons. The molecule has 2 aromatic rings. The highest BCUT2D eigenvalue weighted by atomic mass is 16.5. The van der Waals surface area contributed by atoms with E-state index in [1.54, 1.807) is 11.9 Å². The van der Waals surface area contributed by atoms with Crippen LogP contribution < -0.4 is 10.1 Å². The zero-order valence-electron chi connectivity index (χ0n) is 17.4. The number of benzene rings is 2. The average Bonchev–Trinajstić information content (AvgIpc) is 2.69. The summed E-state index contributed by atoms with van der Waals surface area (Å²) in [5, 5.41) is 2.66. The molecule has 0 aliphatic rings. The number of ether oxygens (including phenoxy) is 1. The maximum atomic E-state index is 13.0. The molecule has 2 amide bonds. The van der Waals surface area contributed by atoms with Gasteiger partial charge in [-0.15, -0.1) is 0 Å². The molecule has 0 aromatic heterocycles. The van der Waals surface area contributed by atoms with Crippen molar-refractivity contribution >= 4 is 11.8 Å². The number of nitrogens with zero attached hydrogens (tertiary/aromatic N) is 1. The van der Waals surface area contributed by atoms with Crippen molar-refractivity contribution in [1.29, 1.82) is 0 Å². The van der Waals surface area contributed by atoms with Crippen LogP contribution in [0.1, 0.15) is 35.6 Å².